The average molecular weight is 252 g/mol. The van der Waals surface area contributed by atoms with E-state index in [-0.39, 0.29) is 0 Å². The Balaban J connectivity index is 1.93. The molecule has 0 fully saturated rings. The fraction of sp³-hybridized carbons (Fsp3) is 0.294. The molecule has 1 aliphatic rings. The largest absolute Gasteiger partial charge is 0.398 e. The van der Waals surface area contributed by atoms with E-state index in [9.17, 15) is 0 Å². The van der Waals surface area contributed by atoms with Crippen molar-refractivity contribution in [3.63, 3.8) is 0 Å². The number of nitrogens with zero attached hydrogens (tertiary/aromatic N) is 1. The zero-order valence-electron chi connectivity index (χ0n) is 11.6. The molecule has 0 atom stereocenters. The van der Waals surface area contributed by atoms with Crippen LogP contribution in [0.15, 0.2) is 36.4 Å². The Morgan fingerprint density at radius 3 is 2.47 bits per heavy atom. The number of anilines is 2. The van der Waals surface area contributed by atoms with E-state index in [0.29, 0.717) is 0 Å². The molecule has 0 bridgehead atoms. The lowest BCUT2D eigenvalue weighted by molar-refractivity contribution is 0.827. The molecule has 3 rings (SSSR count). The molecule has 19 heavy (non-hydrogen) atoms. The number of nitrogens with two attached hydrogens (primary N) is 1. The Morgan fingerprint density at radius 2 is 1.74 bits per heavy atom. The van der Waals surface area contributed by atoms with Gasteiger partial charge in [0, 0.05) is 30.0 Å². The summed E-state index contributed by atoms with van der Waals surface area (Å²) in [5.41, 5.74) is 13.8. The number of rotatable bonds is 2. The van der Waals surface area contributed by atoms with Gasteiger partial charge in [0.2, 0.25) is 0 Å². The van der Waals surface area contributed by atoms with Gasteiger partial charge in [-0.2, -0.15) is 0 Å². The average Bonchev–Trinajstić information content (AvgIpc) is 2.79. The Labute approximate surface area is 114 Å². The van der Waals surface area contributed by atoms with Crippen LogP contribution in [0.3, 0.4) is 0 Å². The molecule has 0 saturated heterocycles. The maximum Gasteiger partial charge on any atom is 0.0434 e. The normalized spacial score (nSPS) is 13.7. The second kappa shape index (κ2) is 4.61. The van der Waals surface area contributed by atoms with Crippen molar-refractivity contribution < 1.29 is 0 Å². The van der Waals surface area contributed by atoms with Crippen LogP contribution < -0.4 is 10.6 Å². The van der Waals surface area contributed by atoms with Crippen LogP contribution >= 0.6 is 0 Å². The molecule has 0 radical (unpaired) electrons. The van der Waals surface area contributed by atoms with Crippen LogP contribution in [0.1, 0.15) is 22.3 Å². The summed E-state index contributed by atoms with van der Waals surface area (Å²) in [6.07, 6.45) is 1.06. The van der Waals surface area contributed by atoms with Crippen LogP contribution in [0.2, 0.25) is 0 Å². The maximum atomic E-state index is 6.06. The van der Waals surface area contributed by atoms with Gasteiger partial charge < -0.3 is 10.6 Å². The van der Waals surface area contributed by atoms with Crippen molar-refractivity contribution in [2.75, 3.05) is 17.2 Å². The summed E-state index contributed by atoms with van der Waals surface area (Å²) >= 11 is 0. The number of nitrogen functional groups attached to an aromatic ring is 1. The zero-order chi connectivity index (χ0) is 13.4. The quantitative estimate of drug-likeness (QED) is 0.829. The van der Waals surface area contributed by atoms with Gasteiger partial charge >= 0.3 is 0 Å². The highest BCUT2D eigenvalue weighted by Gasteiger charge is 2.21. The van der Waals surface area contributed by atoms with Gasteiger partial charge in [-0.05, 0) is 49.1 Å². The monoisotopic (exact) mass is 252 g/mol. The number of aryl methyl sites for hydroxylation is 2. The van der Waals surface area contributed by atoms with Crippen LogP contribution in [0.4, 0.5) is 11.4 Å². The lowest BCUT2D eigenvalue weighted by Gasteiger charge is -2.22. The number of hydrogen-bond donors (Lipinski definition) is 1. The third-order valence-electron chi connectivity index (χ3n) is 4.15. The Bertz CT molecular complexity index is 596. The van der Waals surface area contributed by atoms with Crippen LogP contribution in [-0.2, 0) is 13.0 Å². The predicted octanol–water partition coefficient (Wildman–Crippen LogP) is 3.45. The van der Waals surface area contributed by atoms with Crippen molar-refractivity contribution in [2.24, 2.45) is 0 Å². The summed E-state index contributed by atoms with van der Waals surface area (Å²) in [4.78, 5) is 2.45. The Morgan fingerprint density at radius 1 is 1.05 bits per heavy atom. The first-order valence-corrected chi connectivity index (χ1v) is 6.84. The summed E-state index contributed by atoms with van der Waals surface area (Å²) in [7, 11) is 0. The van der Waals surface area contributed by atoms with E-state index in [1.165, 1.54) is 27.9 Å². The second-order valence-corrected chi connectivity index (χ2v) is 5.39. The molecule has 2 heteroatoms. The van der Waals surface area contributed by atoms with Gasteiger partial charge in [0.15, 0.2) is 0 Å². The summed E-state index contributed by atoms with van der Waals surface area (Å²) in [6, 6.07) is 12.8. The van der Waals surface area contributed by atoms with Crippen LogP contribution in [0.5, 0.6) is 0 Å². The minimum atomic E-state index is 0.932. The summed E-state index contributed by atoms with van der Waals surface area (Å²) in [5, 5.41) is 0. The Kier molecular flexibility index (Phi) is 2.94. The molecular formula is C17H20N2. The molecule has 0 saturated carbocycles. The number of hydrogen-bond acceptors (Lipinski definition) is 2. The molecule has 0 amide bonds. The summed E-state index contributed by atoms with van der Waals surface area (Å²) in [6.45, 7) is 6.43. The first-order chi connectivity index (χ1) is 9.16. The molecule has 2 nitrogen and oxygen atoms in total. The highest BCUT2D eigenvalue weighted by molar-refractivity contribution is 5.68. The molecule has 0 aromatic heterocycles. The van der Waals surface area contributed by atoms with Crippen molar-refractivity contribution in [3.05, 3.63) is 58.7 Å². The maximum absolute atomic E-state index is 6.06. The van der Waals surface area contributed by atoms with Crippen LogP contribution in [0, 0.1) is 13.8 Å². The van der Waals surface area contributed by atoms with Crippen LogP contribution in [-0.4, -0.2) is 6.54 Å². The van der Waals surface area contributed by atoms with Gasteiger partial charge in [0.1, 0.15) is 0 Å². The smallest absolute Gasteiger partial charge is 0.0434 e. The second-order valence-electron chi connectivity index (χ2n) is 5.39. The molecule has 0 spiro atoms. The highest BCUT2D eigenvalue weighted by Crippen LogP contribution is 2.33. The first kappa shape index (κ1) is 12.1. The molecule has 2 N–H and O–H groups in total. The first-order valence-electron chi connectivity index (χ1n) is 6.84. The minimum Gasteiger partial charge on any atom is -0.398 e. The van der Waals surface area contributed by atoms with Crippen molar-refractivity contribution in [3.8, 4) is 0 Å². The third-order valence-corrected chi connectivity index (χ3v) is 4.15. The molecule has 0 aliphatic carbocycles. The SMILES string of the molecule is Cc1cccc(C)c1CN1CCc2c(N)cccc21. The van der Waals surface area contributed by atoms with E-state index >= 15 is 0 Å². The van der Waals surface area contributed by atoms with Crippen molar-refractivity contribution >= 4 is 11.4 Å². The molecule has 0 unspecified atom stereocenters. The summed E-state index contributed by atoms with van der Waals surface area (Å²) < 4.78 is 0. The van der Waals surface area contributed by atoms with Gasteiger partial charge in [-0.1, -0.05) is 24.3 Å². The van der Waals surface area contributed by atoms with Crippen molar-refractivity contribution in [1.29, 1.82) is 0 Å². The van der Waals surface area contributed by atoms with Crippen LogP contribution in [0.25, 0.3) is 0 Å². The number of fused-ring (bicyclic) bond motifs is 1. The topological polar surface area (TPSA) is 29.3 Å². The fourth-order valence-electron chi connectivity index (χ4n) is 2.98. The molecule has 2 aromatic rings. The van der Waals surface area contributed by atoms with Gasteiger partial charge in [-0.3, -0.25) is 0 Å². The van der Waals surface area contributed by atoms with Crippen molar-refractivity contribution in [1.82, 2.24) is 0 Å². The lowest BCUT2D eigenvalue weighted by Crippen LogP contribution is -2.20. The van der Waals surface area contributed by atoms with Gasteiger partial charge in [0.05, 0.1) is 0 Å². The zero-order valence-corrected chi connectivity index (χ0v) is 11.6. The molecule has 1 aliphatic heterocycles. The molecule has 1 heterocycles. The molecular weight excluding hydrogens is 232 g/mol. The van der Waals surface area contributed by atoms with Crippen molar-refractivity contribution in [2.45, 2.75) is 26.8 Å². The molecule has 2 aromatic carbocycles. The van der Waals surface area contributed by atoms with E-state index in [1.54, 1.807) is 0 Å². The standard InChI is InChI=1S/C17H20N2/c1-12-5-3-6-13(2)15(12)11-19-10-9-14-16(18)7-4-8-17(14)19/h3-8H,9-11,18H2,1-2H3. The van der Waals surface area contributed by atoms with Gasteiger partial charge in [-0.25, -0.2) is 0 Å². The third kappa shape index (κ3) is 2.07. The van der Waals surface area contributed by atoms with E-state index in [1.807, 2.05) is 6.07 Å². The molecule has 98 valence electrons. The highest BCUT2D eigenvalue weighted by atomic mass is 15.1. The minimum absolute atomic E-state index is 0.932. The van der Waals surface area contributed by atoms with E-state index in [4.69, 9.17) is 5.73 Å². The van der Waals surface area contributed by atoms with E-state index < -0.39 is 0 Å². The van der Waals surface area contributed by atoms with E-state index in [0.717, 1.165) is 25.2 Å². The Hall–Kier alpha value is -1.96. The van der Waals surface area contributed by atoms with Gasteiger partial charge in [-0.15, -0.1) is 0 Å². The number of benzene rings is 2. The predicted molar refractivity (Wildman–Crippen MR) is 81.5 cm³/mol. The fourth-order valence-corrected chi connectivity index (χ4v) is 2.98. The van der Waals surface area contributed by atoms with E-state index in [2.05, 4.69) is 49.1 Å². The van der Waals surface area contributed by atoms with Gasteiger partial charge in [0.25, 0.3) is 0 Å². The summed E-state index contributed by atoms with van der Waals surface area (Å²) in [5.74, 6) is 0. The lowest BCUT2D eigenvalue weighted by atomic mass is 10.0.